The molecule has 0 bridgehead atoms. The third-order valence-corrected chi connectivity index (χ3v) is 6.18. The van der Waals surface area contributed by atoms with Gasteiger partial charge >= 0.3 is 0 Å². The zero-order valence-electron chi connectivity index (χ0n) is 17.0. The number of carbonyl (C=O) groups is 2. The van der Waals surface area contributed by atoms with Gasteiger partial charge in [-0.25, -0.2) is 8.42 Å². The number of anilines is 2. The minimum absolute atomic E-state index is 0.0284. The summed E-state index contributed by atoms with van der Waals surface area (Å²) in [6.07, 6.45) is 2.47. The minimum Gasteiger partial charge on any atom is -0.385 e. The maximum absolute atomic E-state index is 12.9. The van der Waals surface area contributed by atoms with Crippen LogP contribution in [0.5, 0.6) is 0 Å². The largest absolute Gasteiger partial charge is 0.385 e. The topological polar surface area (TPSA) is 114 Å². The number of thioether (sulfide) groups is 1. The number of amides is 2. The fourth-order valence-corrected chi connectivity index (χ4v) is 4.27. The van der Waals surface area contributed by atoms with Gasteiger partial charge in [0.2, 0.25) is 5.91 Å². The van der Waals surface area contributed by atoms with Gasteiger partial charge in [0, 0.05) is 32.1 Å². The molecule has 0 saturated heterocycles. The van der Waals surface area contributed by atoms with Crippen molar-refractivity contribution in [1.82, 2.24) is 5.32 Å². The Kier molecular flexibility index (Phi) is 8.70. The number of hydrogen-bond acceptors (Lipinski definition) is 6. The van der Waals surface area contributed by atoms with Crippen LogP contribution in [0, 0.1) is 0 Å². The number of rotatable bonds is 10. The molecule has 162 valence electrons. The van der Waals surface area contributed by atoms with E-state index in [1.54, 1.807) is 31.4 Å². The Morgan fingerprint density at radius 2 is 1.83 bits per heavy atom. The molecule has 0 fully saturated rings. The van der Waals surface area contributed by atoms with Crippen molar-refractivity contribution >= 4 is 45.0 Å². The predicted octanol–water partition coefficient (Wildman–Crippen LogP) is 2.93. The molecule has 0 radical (unpaired) electrons. The number of carbonyl (C=O) groups excluding carboxylic acids is 2. The molecule has 2 aromatic rings. The molecular weight excluding hydrogens is 426 g/mol. The fraction of sp³-hybridized carbons (Fsp3) is 0.300. The monoisotopic (exact) mass is 451 g/mol. The van der Waals surface area contributed by atoms with E-state index in [1.807, 2.05) is 6.26 Å². The van der Waals surface area contributed by atoms with Crippen molar-refractivity contribution < 1.29 is 22.7 Å². The van der Waals surface area contributed by atoms with E-state index in [0.717, 1.165) is 4.90 Å². The lowest BCUT2D eigenvalue weighted by molar-refractivity contribution is -0.114. The molecule has 2 aromatic carbocycles. The van der Waals surface area contributed by atoms with E-state index in [0.29, 0.717) is 25.3 Å². The summed E-state index contributed by atoms with van der Waals surface area (Å²) in [5, 5.41) is 5.38. The lowest BCUT2D eigenvalue weighted by Crippen LogP contribution is -2.26. The van der Waals surface area contributed by atoms with Crippen LogP contribution in [0.3, 0.4) is 0 Å². The molecule has 0 aliphatic carbocycles. The highest BCUT2D eigenvalue weighted by Crippen LogP contribution is 2.29. The van der Waals surface area contributed by atoms with E-state index in [4.69, 9.17) is 4.74 Å². The zero-order chi connectivity index (χ0) is 22.1. The van der Waals surface area contributed by atoms with Gasteiger partial charge in [0.05, 0.1) is 21.8 Å². The number of methoxy groups -OCH3 is 1. The maximum atomic E-state index is 12.9. The molecule has 30 heavy (non-hydrogen) atoms. The number of nitrogens with one attached hydrogen (secondary N) is 3. The van der Waals surface area contributed by atoms with Crippen LogP contribution in [0.2, 0.25) is 0 Å². The molecule has 0 aromatic heterocycles. The molecule has 0 unspecified atom stereocenters. The van der Waals surface area contributed by atoms with Gasteiger partial charge < -0.3 is 15.4 Å². The van der Waals surface area contributed by atoms with Crippen molar-refractivity contribution in [3.05, 3.63) is 48.0 Å². The number of sulfonamides is 1. The molecule has 0 saturated carbocycles. The van der Waals surface area contributed by atoms with Crippen LogP contribution < -0.4 is 15.4 Å². The van der Waals surface area contributed by atoms with Crippen molar-refractivity contribution in [2.75, 3.05) is 36.6 Å². The summed E-state index contributed by atoms with van der Waals surface area (Å²) in [7, 11) is -2.41. The normalized spacial score (nSPS) is 11.0. The van der Waals surface area contributed by atoms with Crippen molar-refractivity contribution in [3.8, 4) is 0 Å². The Morgan fingerprint density at radius 3 is 2.50 bits per heavy atom. The highest BCUT2D eigenvalue weighted by Gasteiger charge is 2.20. The van der Waals surface area contributed by atoms with Crippen molar-refractivity contribution in [2.24, 2.45) is 0 Å². The molecule has 10 heteroatoms. The van der Waals surface area contributed by atoms with Gasteiger partial charge in [-0.3, -0.25) is 14.3 Å². The van der Waals surface area contributed by atoms with Gasteiger partial charge in [-0.2, -0.15) is 0 Å². The first kappa shape index (κ1) is 23.7. The molecule has 2 rings (SSSR count). The van der Waals surface area contributed by atoms with Crippen LogP contribution in [0.15, 0.2) is 52.3 Å². The number of ether oxygens (including phenoxy) is 1. The third-order valence-electron chi connectivity index (χ3n) is 4.02. The number of para-hydroxylation sites is 1. The lowest BCUT2D eigenvalue weighted by atomic mass is 10.1. The molecule has 0 spiro atoms. The van der Waals surface area contributed by atoms with Gasteiger partial charge in [0.15, 0.2) is 0 Å². The second kappa shape index (κ2) is 11.0. The average Bonchev–Trinajstić information content (AvgIpc) is 2.70. The van der Waals surface area contributed by atoms with E-state index < -0.39 is 10.0 Å². The van der Waals surface area contributed by atoms with E-state index in [-0.39, 0.29) is 28.0 Å². The number of hydrogen-bond donors (Lipinski definition) is 3. The molecule has 0 atom stereocenters. The van der Waals surface area contributed by atoms with Crippen LogP contribution in [0.1, 0.15) is 23.7 Å². The van der Waals surface area contributed by atoms with Crippen molar-refractivity contribution in [1.29, 1.82) is 0 Å². The summed E-state index contributed by atoms with van der Waals surface area (Å²) in [5.74, 6) is -0.690. The van der Waals surface area contributed by atoms with E-state index >= 15 is 0 Å². The third kappa shape index (κ3) is 6.48. The van der Waals surface area contributed by atoms with Crippen molar-refractivity contribution in [3.63, 3.8) is 0 Å². The predicted molar refractivity (Wildman–Crippen MR) is 119 cm³/mol. The average molecular weight is 452 g/mol. The minimum atomic E-state index is -3.99. The first-order valence-corrected chi connectivity index (χ1v) is 11.8. The molecule has 3 N–H and O–H groups in total. The first-order chi connectivity index (χ1) is 14.3. The molecular formula is C20H25N3O5S2. The Morgan fingerprint density at radius 1 is 1.10 bits per heavy atom. The van der Waals surface area contributed by atoms with Crippen LogP contribution in [0.25, 0.3) is 0 Å². The summed E-state index contributed by atoms with van der Waals surface area (Å²) in [5.41, 5.74) is 0.778. The second-order valence-electron chi connectivity index (χ2n) is 6.30. The van der Waals surface area contributed by atoms with Crippen LogP contribution in [-0.2, 0) is 19.6 Å². The van der Waals surface area contributed by atoms with Gasteiger partial charge in [-0.15, -0.1) is 11.8 Å². The summed E-state index contributed by atoms with van der Waals surface area (Å²) >= 11 is 1.39. The van der Waals surface area contributed by atoms with Crippen LogP contribution in [0.4, 0.5) is 11.4 Å². The number of benzene rings is 2. The molecule has 8 nitrogen and oxygen atoms in total. The first-order valence-electron chi connectivity index (χ1n) is 9.13. The summed E-state index contributed by atoms with van der Waals surface area (Å²) in [6.45, 7) is 2.27. The van der Waals surface area contributed by atoms with Crippen LogP contribution >= 0.6 is 11.8 Å². The molecule has 2 amide bonds. The quantitative estimate of drug-likeness (QED) is 0.378. The highest BCUT2D eigenvalue weighted by atomic mass is 32.2. The zero-order valence-corrected chi connectivity index (χ0v) is 18.7. The summed E-state index contributed by atoms with van der Waals surface area (Å²) in [4.78, 5) is 24.6. The van der Waals surface area contributed by atoms with Crippen LogP contribution in [-0.4, -0.2) is 46.7 Å². The van der Waals surface area contributed by atoms with E-state index in [9.17, 15) is 18.0 Å². The summed E-state index contributed by atoms with van der Waals surface area (Å²) in [6, 6.07) is 10.8. The Labute approximate surface area is 180 Å². The maximum Gasteiger partial charge on any atom is 0.261 e. The lowest BCUT2D eigenvalue weighted by Gasteiger charge is -2.14. The van der Waals surface area contributed by atoms with Crippen molar-refractivity contribution in [2.45, 2.75) is 23.1 Å². The van der Waals surface area contributed by atoms with Gasteiger partial charge in [0.1, 0.15) is 0 Å². The molecule has 0 aliphatic heterocycles. The van der Waals surface area contributed by atoms with E-state index in [2.05, 4.69) is 15.4 Å². The summed E-state index contributed by atoms with van der Waals surface area (Å²) < 4.78 is 33.3. The smallest absolute Gasteiger partial charge is 0.261 e. The van der Waals surface area contributed by atoms with Gasteiger partial charge in [-0.05, 0) is 43.0 Å². The molecule has 0 heterocycles. The van der Waals surface area contributed by atoms with Gasteiger partial charge in [0.25, 0.3) is 15.9 Å². The fourth-order valence-electron chi connectivity index (χ4n) is 2.63. The standard InChI is InChI=1S/C20H25N3O5S2/c1-14(24)22-18-13-15(9-10-19(18)29-3)30(26,27)23-17-8-5-4-7-16(17)20(25)21-11-6-12-28-2/h4-5,7-10,13,23H,6,11-12H2,1-3H3,(H,21,25)(H,22,24). The Hall–Kier alpha value is -2.56. The van der Waals surface area contributed by atoms with E-state index in [1.165, 1.54) is 36.9 Å². The highest BCUT2D eigenvalue weighted by molar-refractivity contribution is 7.98. The second-order valence-corrected chi connectivity index (χ2v) is 8.83. The van der Waals surface area contributed by atoms with Gasteiger partial charge in [-0.1, -0.05) is 12.1 Å². The Bertz CT molecular complexity index is 1010. The molecule has 0 aliphatic rings. The SMILES string of the molecule is COCCCNC(=O)c1ccccc1NS(=O)(=O)c1ccc(SC)c(NC(C)=O)c1. The Balaban J connectivity index is 2.27.